The zero-order valence-corrected chi connectivity index (χ0v) is 14.4. The van der Waals surface area contributed by atoms with E-state index in [-0.39, 0.29) is 16.7 Å². The van der Waals surface area contributed by atoms with E-state index in [0.29, 0.717) is 5.56 Å². The summed E-state index contributed by atoms with van der Waals surface area (Å²) in [6.45, 7) is 13.1. The molecule has 21 heavy (non-hydrogen) atoms. The first-order valence-corrected chi connectivity index (χ1v) is 8.09. The summed E-state index contributed by atoms with van der Waals surface area (Å²) in [6.07, 6.45) is 0. The van der Waals surface area contributed by atoms with Crippen molar-refractivity contribution in [3.05, 3.63) is 35.4 Å². The molecule has 0 amide bonds. The van der Waals surface area contributed by atoms with Crippen molar-refractivity contribution in [1.82, 2.24) is 0 Å². The summed E-state index contributed by atoms with van der Waals surface area (Å²) in [6, 6.07) is 7.20. The summed E-state index contributed by atoms with van der Waals surface area (Å²) >= 11 is 0. The van der Waals surface area contributed by atoms with E-state index >= 15 is 0 Å². The van der Waals surface area contributed by atoms with Crippen molar-refractivity contribution in [1.29, 1.82) is 0 Å². The van der Waals surface area contributed by atoms with Crippen molar-refractivity contribution < 1.29 is 19.1 Å². The van der Waals surface area contributed by atoms with Gasteiger partial charge in [-0.15, -0.1) is 0 Å². The highest BCUT2D eigenvalue weighted by Crippen LogP contribution is 2.47. The third kappa shape index (κ3) is 5.06. The molecule has 0 bridgehead atoms. The molecule has 0 aliphatic heterocycles. The van der Waals surface area contributed by atoms with Crippen LogP contribution in [0.1, 0.15) is 63.4 Å². The van der Waals surface area contributed by atoms with E-state index in [1.54, 1.807) is 18.2 Å². The van der Waals surface area contributed by atoms with E-state index in [1.807, 2.05) is 6.07 Å². The Bertz CT molecular complexity index is 484. The number of rotatable bonds is 3. The predicted octanol–water partition coefficient (Wildman–Crippen LogP) is 4.23. The van der Waals surface area contributed by atoms with Crippen molar-refractivity contribution in [2.45, 2.75) is 47.5 Å². The highest BCUT2D eigenvalue weighted by molar-refractivity contribution is 7.40. The maximum Gasteiger partial charge on any atom is 0.394 e. The maximum absolute atomic E-state index is 11.8. The lowest BCUT2D eigenvalue weighted by molar-refractivity contribution is 0.0714. The molecule has 0 unspecified atom stereocenters. The van der Waals surface area contributed by atoms with Gasteiger partial charge in [-0.1, -0.05) is 53.7 Å². The Balaban J connectivity index is 3.21. The van der Waals surface area contributed by atoms with E-state index in [2.05, 4.69) is 46.1 Å². The Morgan fingerprint density at radius 1 is 1.10 bits per heavy atom. The Morgan fingerprint density at radius 2 is 1.62 bits per heavy atom. The molecular formula is C16H25O4P. The van der Waals surface area contributed by atoms with E-state index in [1.165, 1.54) is 0 Å². The fourth-order valence-corrected chi connectivity index (χ4v) is 3.52. The van der Waals surface area contributed by atoms with Gasteiger partial charge < -0.3 is 14.3 Å². The van der Waals surface area contributed by atoms with E-state index in [9.17, 15) is 4.79 Å². The first kappa shape index (κ1) is 18.1. The van der Waals surface area contributed by atoms with Gasteiger partial charge in [-0.25, -0.2) is 4.79 Å². The van der Waals surface area contributed by atoms with E-state index in [4.69, 9.17) is 9.79 Å². The third-order valence-electron chi connectivity index (χ3n) is 3.35. The summed E-state index contributed by atoms with van der Waals surface area (Å²) in [4.78, 5) is 29.4. The molecule has 1 rings (SSSR count). The second-order valence-electron chi connectivity index (χ2n) is 7.42. The van der Waals surface area contributed by atoms with Crippen LogP contribution in [0.5, 0.6) is 0 Å². The van der Waals surface area contributed by atoms with Gasteiger partial charge in [0.15, 0.2) is 0 Å². The molecule has 0 atom stereocenters. The summed E-state index contributed by atoms with van der Waals surface area (Å²) < 4.78 is 4.48. The standard InChI is InChI=1S/C16H25O4P/c1-15(2,3)13(16(4,5)6)11-8-7-9-12(10-11)14(17)20-21(18)19/h7-10,13,18-19H,1-6H3. The van der Waals surface area contributed by atoms with Crippen LogP contribution in [-0.4, -0.2) is 15.8 Å². The van der Waals surface area contributed by atoms with Crippen molar-refractivity contribution in [2.24, 2.45) is 10.8 Å². The molecule has 0 radical (unpaired) electrons. The number of hydrogen-bond acceptors (Lipinski definition) is 4. The largest absolute Gasteiger partial charge is 0.394 e. The molecule has 0 fully saturated rings. The molecule has 0 saturated carbocycles. The summed E-state index contributed by atoms with van der Waals surface area (Å²) in [7, 11) is -2.68. The fraction of sp³-hybridized carbons (Fsp3) is 0.562. The molecule has 4 nitrogen and oxygen atoms in total. The smallest absolute Gasteiger partial charge is 0.391 e. The zero-order valence-electron chi connectivity index (χ0n) is 13.5. The normalized spacial score (nSPS) is 12.9. The van der Waals surface area contributed by atoms with Gasteiger partial charge in [0.2, 0.25) is 0 Å². The Kier molecular flexibility index (Phi) is 5.54. The lowest BCUT2D eigenvalue weighted by Crippen LogP contribution is -2.30. The van der Waals surface area contributed by atoms with Gasteiger partial charge in [0, 0.05) is 0 Å². The average Bonchev–Trinajstić information content (AvgIpc) is 2.24. The minimum absolute atomic E-state index is 0.0291. The second kappa shape index (κ2) is 6.43. The van der Waals surface area contributed by atoms with Crippen LogP contribution in [0.2, 0.25) is 0 Å². The van der Waals surface area contributed by atoms with Crippen molar-refractivity contribution in [2.75, 3.05) is 0 Å². The molecule has 0 aliphatic rings. The Hall–Kier alpha value is -0.960. The minimum atomic E-state index is -2.68. The molecule has 0 aliphatic carbocycles. The van der Waals surface area contributed by atoms with Crippen LogP contribution in [0.4, 0.5) is 0 Å². The number of hydrogen-bond donors (Lipinski definition) is 2. The Morgan fingerprint density at radius 3 is 2.05 bits per heavy atom. The molecule has 0 heterocycles. The van der Waals surface area contributed by atoms with Crippen LogP contribution in [0.3, 0.4) is 0 Å². The Labute approximate surface area is 128 Å². The summed E-state index contributed by atoms with van der Waals surface area (Å²) in [5.41, 5.74) is 1.44. The predicted molar refractivity (Wildman–Crippen MR) is 84.9 cm³/mol. The van der Waals surface area contributed by atoms with Crippen LogP contribution in [0, 0.1) is 10.8 Å². The number of benzene rings is 1. The van der Waals surface area contributed by atoms with Crippen molar-refractivity contribution >= 4 is 14.6 Å². The van der Waals surface area contributed by atoms with E-state index in [0.717, 1.165) is 5.56 Å². The molecule has 0 saturated heterocycles. The summed E-state index contributed by atoms with van der Waals surface area (Å²) in [5.74, 6) is -0.475. The van der Waals surface area contributed by atoms with Crippen LogP contribution < -0.4 is 0 Å². The second-order valence-corrected chi connectivity index (χ2v) is 8.11. The van der Waals surface area contributed by atoms with Crippen molar-refractivity contribution in [3.63, 3.8) is 0 Å². The first-order chi connectivity index (χ1) is 9.43. The van der Waals surface area contributed by atoms with Gasteiger partial charge >= 0.3 is 14.6 Å². The van der Waals surface area contributed by atoms with Crippen LogP contribution >= 0.6 is 8.60 Å². The average molecular weight is 312 g/mol. The monoisotopic (exact) mass is 312 g/mol. The minimum Gasteiger partial charge on any atom is -0.391 e. The number of carbonyl (C=O) groups excluding carboxylic acids is 1. The molecule has 0 aromatic heterocycles. The topological polar surface area (TPSA) is 66.8 Å². The zero-order chi connectivity index (χ0) is 16.4. The molecule has 0 spiro atoms. The molecular weight excluding hydrogens is 287 g/mol. The number of carbonyl (C=O) groups is 1. The SMILES string of the molecule is CC(C)(C)C(c1cccc(C(=O)OP(O)O)c1)C(C)(C)C. The molecule has 1 aromatic rings. The third-order valence-corrected chi connectivity index (χ3v) is 3.68. The lowest BCUT2D eigenvalue weighted by Gasteiger charge is -2.41. The molecule has 5 heteroatoms. The van der Waals surface area contributed by atoms with Crippen LogP contribution in [0.25, 0.3) is 0 Å². The van der Waals surface area contributed by atoms with Gasteiger partial charge in [0.05, 0.1) is 5.56 Å². The highest BCUT2D eigenvalue weighted by Gasteiger charge is 2.36. The van der Waals surface area contributed by atoms with Gasteiger partial charge in [-0.05, 0) is 34.4 Å². The summed E-state index contributed by atoms with van der Waals surface area (Å²) in [5, 5.41) is 0. The molecule has 1 aromatic carbocycles. The quantitative estimate of drug-likeness (QED) is 0.820. The van der Waals surface area contributed by atoms with Crippen LogP contribution in [-0.2, 0) is 4.52 Å². The van der Waals surface area contributed by atoms with Gasteiger partial charge in [-0.2, -0.15) is 0 Å². The van der Waals surface area contributed by atoms with Gasteiger partial charge in [0.25, 0.3) is 0 Å². The first-order valence-electron chi connectivity index (χ1n) is 6.93. The van der Waals surface area contributed by atoms with Crippen molar-refractivity contribution in [3.8, 4) is 0 Å². The molecule has 2 N–H and O–H groups in total. The van der Waals surface area contributed by atoms with Gasteiger partial charge in [0.1, 0.15) is 0 Å². The van der Waals surface area contributed by atoms with E-state index < -0.39 is 14.6 Å². The van der Waals surface area contributed by atoms with Crippen LogP contribution in [0.15, 0.2) is 24.3 Å². The maximum atomic E-state index is 11.8. The highest BCUT2D eigenvalue weighted by atomic mass is 31.2. The molecule has 118 valence electrons. The van der Waals surface area contributed by atoms with Gasteiger partial charge in [-0.3, -0.25) is 0 Å². The lowest BCUT2D eigenvalue weighted by atomic mass is 9.63. The fourth-order valence-electron chi connectivity index (χ4n) is 3.27.